The number of fused-ring (bicyclic) bond motifs is 3. The van der Waals surface area contributed by atoms with Gasteiger partial charge in [-0.05, 0) is 61.6 Å². The Balaban J connectivity index is 1.29. The number of amides is 2. The topological polar surface area (TPSA) is 144 Å². The number of pyridine rings is 1. The molecule has 260 valence electrons. The number of benzene rings is 1. The summed E-state index contributed by atoms with van der Waals surface area (Å²) >= 11 is 6.10. The highest BCUT2D eigenvalue weighted by atomic mass is 35.5. The number of hydrogen-bond donors (Lipinski definition) is 2. The van der Waals surface area contributed by atoms with Crippen molar-refractivity contribution < 1.29 is 37.0 Å². The highest BCUT2D eigenvalue weighted by molar-refractivity contribution is 6.33. The van der Waals surface area contributed by atoms with Crippen LogP contribution in [0.5, 0.6) is 5.75 Å². The summed E-state index contributed by atoms with van der Waals surface area (Å²) in [4.78, 5) is 51.2. The predicted octanol–water partition coefficient (Wildman–Crippen LogP) is 4.99. The van der Waals surface area contributed by atoms with E-state index in [-0.39, 0.29) is 82.9 Å². The fourth-order valence-electron chi connectivity index (χ4n) is 6.91. The van der Waals surface area contributed by atoms with Crippen molar-refractivity contribution in [1.82, 2.24) is 29.0 Å². The Morgan fingerprint density at radius 1 is 1.18 bits per heavy atom. The number of alkyl halides is 3. The van der Waals surface area contributed by atoms with Gasteiger partial charge in [-0.3, -0.25) is 14.4 Å². The van der Waals surface area contributed by atoms with E-state index in [2.05, 4.69) is 20.4 Å². The summed E-state index contributed by atoms with van der Waals surface area (Å²) < 4.78 is 62.3. The van der Waals surface area contributed by atoms with Gasteiger partial charge < -0.3 is 24.6 Å². The van der Waals surface area contributed by atoms with E-state index in [4.69, 9.17) is 16.3 Å². The van der Waals surface area contributed by atoms with Crippen LogP contribution in [-0.4, -0.2) is 72.3 Å². The quantitative estimate of drug-likeness (QED) is 0.276. The van der Waals surface area contributed by atoms with Crippen LogP contribution in [0.4, 0.5) is 23.2 Å². The zero-order valence-corrected chi connectivity index (χ0v) is 26.9. The highest BCUT2D eigenvalue weighted by Gasteiger charge is 2.49. The lowest BCUT2D eigenvalue weighted by Gasteiger charge is -2.39. The fraction of sp³-hybridized carbons (Fsp3) is 0.333. The number of halogens is 5. The minimum absolute atomic E-state index is 0.0422. The summed E-state index contributed by atoms with van der Waals surface area (Å²) in [6.45, 7) is 0.509. The number of likely N-dealkylation sites (tertiary alicyclic amines) is 1. The number of nitrogens with one attached hydrogen (secondary N) is 1. The van der Waals surface area contributed by atoms with Crippen LogP contribution in [0.25, 0.3) is 16.9 Å². The van der Waals surface area contributed by atoms with Crippen LogP contribution in [0, 0.1) is 0 Å². The Kier molecular flexibility index (Phi) is 8.46. The minimum Gasteiger partial charge on any atom is -0.505 e. The molecule has 2 aliphatic heterocycles. The second kappa shape index (κ2) is 12.7. The molecule has 0 radical (unpaired) electrons. The molecule has 12 nitrogen and oxygen atoms in total. The Hall–Kier alpha value is -5.09. The SMILES string of the molecule is O=C(Cn1c2c(c(=O)n3nc(C4=CCOCC4)nc13)C1(CCN(C(=O)c3ncccc3O)CC1)C/C2=C\F)Nc1ccc(C(F)(F)F)cc1Cl. The molecule has 0 atom stereocenters. The second-order valence-corrected chi connectivity index (χ2v) is 12.7. The van der Waals surface area contributed by atoms with E-state index in [1.54, 1.807) is 6.08 Å². The molecular formula is C33H28ClF4N7O5. The van der Waals surface area contributed by atoms with Crippen LogP contribution >= 0.6 is 11.6 Å². The summed E-state index contributed by atoms with van der Waals surface area (Å²) in [6.07, 6.45) is -0.0558. The van der Waals surface area contributed by atoms with Crippen molar-refractivity contribution in [3.05, 3.63) is 92.7 Å². The Bertz CT molecular complexity index is 2170. The molecular weight excluding hydrogens is 686 g/mol. The van der Waals surface area contributed by atoms with E-state index in [9.17, 15) is 37.1 Å². The number of carbonyl (C=O) groups excluding carboxylic acids is 2. The molecule has 7 rings (SSSR count). The van der Waals surface area contributed by atoms with Crippen LogP contribution in [0.3, 0.4) is 0 Å². The number of ether oxygens (including phenoxy) is 1. The van der Waals surface area contributed by atoms with E-state index in [0.29, 0.717) is 37.6 Å². The maximum atomic E-state index is 14.8. The van der Waals surface area contributed by atoms with Gasteiger partial charge in [-0.1, -0.05) is 17.7 Å². The third kappa shape index (κ3) is 5.81. The van der Waals surface area contributed by atoms with Gasteiger partial charge in [-0.2, -0.15) is 22.7 Å². The average molecular weight is 714 g/mol. The van der Waals surface area contributed by atoms with Crippen molar-refractivity contribution in [2.45, 2.75) is 43.8 Å². The molecule has 17 heteroatoms. The largest absolute Gasteiger partial charge is 0.505 e. The van der Waals surface area contributed by atoms with Crippen LogP contribution in [0.15, 0.2) is 53.7 Å². The Morgan fingerprint density at radius 2 is 1.96 bits per heavy atom. The zero-order valence-electron chi connectivity index (χ0n) is 26.1. The number of allylic oxidation sites excluding steroid dienone is 1. The molecule has 5 heterocycles. The van der Waals surface area contributed by atoms with Gasteiger partial charge in [0, 0.05) is 30.3 Å². The summed E-state index contributed by atoms with van der Waals surface area (Å²) in [5.74, 6) is -1.31. The third-order valence-corrected chi connectivity index (χ3v) is 9.67. The smallest absolute Gasteiger partial charge is 0.416 e. The van der Waals surface area contributed by atoms with E-state index in [0.717, 1.165) is 16.6 Å². The van der Waals surface area contributed by atoms with Crippen LogP contribution in [0.2, 0.25) is 5.02 Å². The molecule has 1 aromatic carbocycles. The zero-order chi connectivity index (χ0) is 35.4. The monoisotopic (exact) mass is 713 g/mol. The lowest BCUT2D eigenvalue weighted by atomic mass is 9.74. The van der Waals surface area contributed by atoms with Crippen LogP contribution in [0.1, 0.15) is 58.8 Å². The van der Waals surface area contributed by atoms with E-state index in [1.165, 1.54) is 27.8 Å². The summed E-state index contributed by atoms with van der Waals surface area (Å²) in [5, 5.41) is 16.9. The molecule has 0 saturated carbocycles. The maximum Gasteiger partial charge on any atom is 0.416 e. The van der Waals surface area contributed by atoms with E-state index >= 15 is 0 Å². The maximum absolute atomic E-state index is 14.8. The lowest BCUT2D eigenvalue weighted by Crippen LogP contribution is -2.46. The standard InChI is InChI=1S/C33H28ClF4N7O5/c34-21-14-20(33(36,37)38)3-4-22(21)40-24(47)17-44-27-19(16-35)15-32(7-10-43(11-8-32)30(49)26-23(46)2-1-9-39-26)25(27)29(48)45-31(44)41-28(42-45)18-5-12-50-13-6-18/h1-5,9,14,16,46H,6-8,10-13,15,17H2,(H,40,47)/b19-16+. The van der Waals surface area contributed by atoms with Crippen molar-refractivity contribution in [1.29, 1.82) is 0 Å². The first-order valence-electron chi connectivity index (χ1n) is 15.6. The number of piperidine rings is 1. The summed E-state index contributed by atoms with van der Waals surface area (Å²) in [6, 6.07) is 5.36. The number of aromatic nitrogens is 5. The van der Waals surface area contributed by atoms with Gasteiger partial charge in [0.2, 0.25) is 11.7 Å². The highest BCUT2D eigenvalue weighted by Crippen LogP contribution is 2.50. The number of anilines is 1. The van der Waals surface area contributed by atoms with Gasteiger partial charge in [-0.25, -0.2) is 9.37 Å². The summed E-state index contributed by atoms with van der Waals surface area (Å²) in [7, 11) is 0. The van der Waals surface area contributed by atoms with Crippen molar-refractivity contribution in [2.75, 3.05) is 31.6 Å². The van der Waals surface area contributed by atoms with Gasteiger partial charge >= 0.3 is 6.18 Å². The normalized spacial score (nSPS) is 18.1. The molecule has 3 aromatic heterocycles. The molecule has 2 N–H and O–H groups in total. The van der Waals surface area contributed by atoms with Crippen molar-refractivity contribution >= 4 is 46.0 Å². The molecule has 50 heavy (non-hydrogen) atoms. The molecule has 1 spiro atoms. The molecule has 3 aliphatic rings. The van der Waals surface area contributed by atoms with E-state index in [1.807, 2.05) is 0 Å². The van der Waals surface area contributed by atoms with Gasteiger partial charge in [-0.15, -0.1) is 5.10 Å². The fourth-order valence-corrected chi connectivity index (χ4v) is 7.14. The Labute approximate surface area is 285 Å². The van der Waals surface area contributed by atoms with Crippen molar-refractivity contribution in [2.24, 2.45) is 0 Å². The van der Waals surface area contributed by atoms with Crippen molar-refractivity contribution in [3.63, 3.8) is 0 Å². The molecule has 4 aromatic rings. The predicted molar refractivity (Wildman–Crippen MR) is 172 cm³/mol. The summed E-state index contributed by atoms with van der Waals surface area (Å²) in [5.41, 5.74) is -1.48. The first-order chi connectivity index (χ1) is 23.9. The Morgan fingerprint density at radius 3 is 2.62 bits per heavy atom. The van der Waals surface area contributed by atoms with Gasteiger partial charge in [0.05, 0.1) is 47.1 Å². The van der Waals surface area contributed by atoms with Gasteiger partial charge in [0.1, 0.15) is 12.3 Å². The minimum atomic E-state index is -4.64. The molecule has 1 fully saturated rings. The molecule has 1 saturated heterocycles. The van der Waals surface area contributed by atoms with E-state index < -0.39 is 41.1 Å². The molecule has 2 amide bonds. The number of aromatic hydroxyl groups is 1. The number of carbonyl (C=O) groups is 2. The van der Waals surface area contributed by atoms with Gasteiger partial charge in [0.15, 0.2) is 11.5 Å². The lowest BCUT2D eigenvalue weighted by molar-refractivity contribution is -0.137. The first-order valence-corrected chi connectivity index (χ1v) is 16.0. The number of rotatable bonds is 5. The molecule has 0 bridgehead atoms. The number of hydrogen-bond acceptors (Lipinski definition) is 8. The first kappa shape index (κ1) is 33.4. The van der Waals surface area contributed by atoms with Crippen LogP contribution in [-0.2, 0) is 27.7 Å². The van der Waals surface area contributed by atoms with Gasteiger partial charge in [0.25, 0.3) is 11.5 Å². The molecule has 0 unspecified atom stereocenters. The molecule has 1 aliphatic carbocycles. The second-order valence-electron chi connectivity index (χ2n) is 12.3. The van der Waals surface area contributed by atoms with Crippen LogP contribution < -0.4 is 10.9 Å². The third-order valence-electron chi connectivity index (χ3n) is 9.36. The number of nitrogens with zero attached hydrogens (tertiary/aromatic N) is 6. The average Bonchev–Trinajstić information content (AvgIpc) is 3.69. The van der Waals surface area contributed by atoms with Crippen molar-refractivity contribution in [3.8, 4) is 5.75 Å².